The molecular formula is C17H12N4O2. The first-order chi connectivity index (χ1) is 11.2. The lowest BCUT2D eigenvalue weighted by Gasteiger charge is -1.97. The van der Waals surface area contributed by atoms with Gasteiger partial charge in [-0.1, -0.05) is 48.5 Å². The van der Waals surface area contributed by atoms with Crippen LogP contribution in [0.5, 0.6) is 0 Å². The molecule has 6 nitrogen and oxygen atoms in total. The van der Waals surface area contributed by atoms with E-state index in [0.29, 0.717) is 11.0 Å². The summed E-state index contributed by atoms with van der Waals surface area (Å²) < 4.78 is 0.824. The Labute approximate surface area is 129 Å². The Bertz CT molecular complexity index is 1150. The Morgan fingerprint density at radius 2 is 1.61 bits per heavy atom. The Balaban J connectivity index is 1.94. The summed E-state index contributed by atoms with van der Waals surface area (Å²) in [5, 5.41) is 4.81. The van der Waals surface area contributed by atoms with E-state index in [0.717, 1.165) is 21.1 Å². The number of nitrogens with one attached hydrogen (secondary N) is 2. The van der Waals surface area contributed by atoms with Gasteiger partial charge in [0.2, 0.25) is 0 Å². The van der Waals surface area contributed by atoms with Crippen LogP contribution in [0.3, 0.4) is 0 Å². The predicted octanol–water partition coefficient (Wildman–Crippen LogP) is 2.05. The van der Waals surface area contributed by atoms with Crippen molar-refractivity contribution in [2.75, 3.05) is 0 Å². The van der Waals surface area contributed by atoms with Crippen LogP contribution in [0, 0.1) is 0 Å². The van der Waals surface area contributed by atoms with Crippen LogP contribution in [0.25, 0.3) is 21.9 Å². The molecule has 0 saturated carbocycles. The molecule has 0 spiro atoms. The topological polar surface area (TPSA) is 83.0 Å². The normalized spacial score (nSPS) is 11.7. The van der Waals surface area contributed by atoms with Gasteiger partial charge in [-0.25, -0.2) is 4.79 Å². The number of rotatable bonds is 2. The lowest BCUT2D eigenvalue weighted by Crippen LogP contribution is -2.32. The van der Waals surface area contributed by atoms with Gasteiger partial charge in [-0.05, 0) is 11.6 Å². The highest BCUT2D eigenvalue weighted by Crippen LogP contribution is 2.19. The van der Waals surface area contributed by atoms with E-state index in [2.05, 4.69) is 15.1 Å². The van der Waals surface area contributed by atoms with E-state index in [-0.39, 0.29) is 0 Å². The highest BCUT2D eigenvalue weighted by Gasteiger charge is 2.11. The smallest absolute Gasteiger partial charge is 0.349 e. The second kappa shape index (κ2) is 5.10. The second-order valence-corrected chi connectivity index (χ2v) is 5.12. The Kier molecular flexibility index (Phi) is 2.94. The molecule has 0 fully saturated rings. The summed E-state index contributed by atoms with van der Waals surface area (Å²) in [6.45, 7) is 0. The summed E-state index contributed by atoms with van der Waals surface area (Å²) in [5.41, 5.74) is 1.37. The lowest BCUT2D eigenvalue weighted by atomic mass is 10.2. The van der Waals surface area contributed by atoms with Crippen molar-refractivity contribution in [1.29, 1.82) is 0 Å². The first kappa shape index (κ1) is 13.3. The van der Waals surface area contributed by atoms with E-state index in [1.165, 1.54) is 6.21 Å². The average Bonchev–Trinajstić information content (AvgIpc) is 2.95. The number of aromatic amines is 2. The molecule has 6 heteroatoms. The van der Waals surface area contributed by atoms with Gasteiger partial charge in [0.1, 0.15) is 5.52 Å². The molecule has 23 heavy (non-hydrogen) atoms. The minimum absolute atomic E-state index is 0.330. The number of para-hydroxylation sites is 1. The van der Waals surface area contributed by atoms with Crippen molar-refractivity contribution in [3.05, 3.63) is 81.0 Å². The summed E-state index contributed by atoms with van der Waals surface area (Å²) in [6, 6.07) is 16.7. The molecule has 0 aliphatic heterocycles. The maximum Gasteiger partial charge on any atom is 0.350 e. The minimum Gasteiger partial charge on any atom is -0.349 e. The van der Waals surface area contributed by atoms with Crippen molar-refractivity contribution >= 4 is 28.2 Å². The van der Waals surface area contributed by atoms with E-state index in [4.69, 9.17) is 0 Å². The SMILES string of the molecule is O=c1[nH]c2c([nH]c3ccccc32)c(=O)n1/N=C\c1ccccc1. The van der Waals surface area contributed by atoms with Gasteiger partial charge in [0, 0.05) is 10.9 Å². The van der Waals surface area contributed by atoms with Crippen LogP contribution in [0.2, 0.25) is 0 Å². The predicted molar refractivity (Wildman–Crippen MR) is 90.1 cm³/mol. The first-order valence-electron chi connectivity index (χ1n) is 7.09. The zero-order chi connectivity index (χ0) is 15.8. The van der Waals surface area contributed by atoms with Gasteiger partial charge in [-0.15, -0.1) is 4.68 Å². The Morgan fingerprint density at radius 3 is 2.43 bits per heavy atom. The second-order valence-electron chi connectivity index (χ2n) is 5.12. The Morgan fingerprint density at radius 1 is 0.870 bits per heavy atom. The summed E-state index contributed by atoms with van der Waals surface area (Å²) in [6.07, 6.45) is 1.48. The molecule has 2 aromatic heterocycles. The molecule has 4 rings (SSSR count). The van der Waals surface area contributed by atoms with Crippen LogP contribution in [0.4, 0.5) is 0 Å². The van der Waals surface area contributed by atoms with Crippen molar-refractivity contribution in [2.45, 2.75) is 0 Å². The van der Waals surface area contributed by atoms with Crippen LogP contribution < -0.4 is 11.2 Å². The largest absolute Gasteiger partial charge is 0.350 e. The highest BCUT2D eigenvalue weighted by molar-refractivity contribution is 6.04. The van der Waals surface area contributed by atoms with E-state index >= 15 is 0 Å². The van der Waals surface area contributed by atoms with Gasteiger partial charge in [0.25, 0.3) is 0 Å². The van der Waals surface area contributed by atoms with Crippen LogP contribution in [-0.2, 0) is 0 Å². The zero-order valence-electron chi connectivity index (χ0n) is 12.0. The van der Waals surface area contributed by atoms with E-state index in [1.54, 1.807) is 0 Å². The molecule has 112 valence electrons. The number of hydrogen-bond donors (Lipinski definition) is 2. The van der Waals surface area contributed by atoms with Gasteiger partial charge < -0.3 is 9.97 Å². The third-order valence-corrected chi connectivity index (χ3v) is 3.66. The van der Waals surface area contributed by atoms with E-state index in [1.807, 2.05) is 54.6 Å². The average molecular weight is 304 g/mol. The minimum atomic E-state index is -0.570. The van der Waals surface area contributed by atoms with E-state index < -0.39 is 11.2 Å². The summed E-state index contributed by atoms with van der Waals surface area (Å²) in [5.74, 6) is 0. The fraction of sp³-hybridized carbons (Fsp3) is 0. The molecular weight excluding hydrogens is 292 g/mol. The van der Waals surface area contributed by atoms with Crippen LogP contribution in [-0.4, -0.2) is 20.9 Å². The molecule has 2 N–H and O–H groups in total. The fourth-order valence-electron chi connectivity index (χ4n) is 2.56. The molecule has 0 bridgehead atoms. The molecule has 2 heterocycles. The molecule has 0 aliphatic carbocycles. The number of hydrogen-bond acceptors (Lipinski definition) is 3. The maximum atomic E-state index is 12.5. The van der Waals surface area contributed by atoms with Gasteiger partial charge in [-0.3, -0.25) is 4.79 Å². The van der Waals surface area contributed by atoms with Crippen molar-refractivity contribution in [3.8, 4) is 0 Å². The van der Waals surface area contributed by atoms with Gasteiger partial charge >= 0.3 is 11.2 Å². The lowest BCUT2D eigenvalue weighted by molar-refractivity contribution is 0.770. The molecule has 4 aromatic rings. The van der Waals surface area contributed by atoms with Crippen molar-refractivity contribution in [2.24, 2.45) is 5.10 Å². The monoisotopic (exact) mass is 304 g/mol. The molecule has 0 amide bonds. The Hall–Kier alpha value is -3.41. The quantitative estimate of drug-likeness (QED) is 0.556. The number of fused-ring (bicyclic) bond motifs is 3. The van der Waals surface area contributed by atoms with Crippen molar-refractivity contribution in [3.63, 3.8) is 0 Å². The van der Waals surface area contributed by atoms with Gasteiger partial charge in [-0.2, -0.15) is 5.10 Å². The number of nitrogens with zero attached hydrogens (tertiary/aromatic N) is 2. The summed E-state index contributed by atoms with van der Waals surface area (Å²) in [7, 11) is 0. The van der Waals surface area contributed by atoms with Crippen LogP contribution >= 0.6 is 0 Å². The highest BCUT2D eigenvalue weighted by atomic mass is 16.2. The molecule has 0 saturated heterocycles. The third-order valence-electron chi connectivity index (χ3n) is 3.66. The van der Waals surface area contributed by atoms with Crippen LogP contribution in [0.15, 0.2) is 69.3 Å². The standard InChI is InChI=1S/C17H12N4O2/c22-16-15-14(12-8-4-5-9-13(12)19-15)20-17(23)21(16)18-10-11-6-2-1-3-7-11/h1-10,19H,(H,20,23)/b18-10-. The molecule has 0 unspecified atom stereocenters. The van der Waals surface area contributed by atoms with Gasteiger partial charge in [0.05, 0.1) is 11.7 Å². The first-order valence-corrected chi connectivity index (χ1v) is 7.09. The van der Waals surface area contributed by atoms with Crippen molar-refractivity contribution < 1.29 is 0 Å². The van der Waals surface area contributed by atoms with Crippen LogP contribution in [0.1, 0.15) is 5.56 Å². The number of aromatic nitrogens is 3. The molecule has 0 aliphatic rings. The number of benzene rings is 2. The molecule has 0 atom stereocenters. The zero-order valence-corrected chi connectivity index (χ0v) is 12.0. The molecule has 2 aromatic carbocycles. The third kappa shape index (κ3) is 2.17. The molecule has 0 radical (unpaired) electrons. The summed E-state index contributed by atoms with van der Waals surface area (Å²) >= 11 is 0. The van der Waals surface area contributed by atoms with Gasteiger partial charge in [0.15, 0.2) is 0 Å². The number of H-pyrrole nitrogens is 2. The van der Waals surface area contributed by atoms with Crippen molar-refractivity contribution in [1.82, 2.24) is 14.6 Å². The van der Waals surface area contributed by atoms with E-state index in [9.17, 15) is 9.59 Å². The maximum absolute atomic E-state index is 12.5. The summed E-state index contributed by atoms with van der Waals surface area (Å²) in [4.78, 5) is 30.5. The fourth-order valence-corrected chi connectivity index (χ4v) is 2.56.